The lowest BCUT2D eigenvalue weighted by Gasteiger charge is -2.13. The summed E-state index contributed by atoms with van der Waals surface area (Å²) in [7, 11) is 1.66. The number of hydrogen-bond acceptors (Lipinski definition) is 4. The summed E-state index contributed by atoms with van der Waals surface area (Å²) in [5.74, 6) is 1.59. The zero-order chi connectivity index (χ0) is 14.0. The van der Waals surface area contributed by atoms with Crippen LogP contribution in [0.2, 0.25) is 0 Å². The van der Waals surface area contributed by atoms with Crippen LogP contribution in [0.3, 0.4) is 0 Å². The van der Waals surface area contributed by atoms with E-state index in [1.165, 1.54) is 0 Å². The van der Waals surface area contributed by atoms with Gasteiger partial charge in [0.05, 0.1) is 23.5 Å². The molecule has 0 aliphatic rings. The van der Waals surface area contributed by atoms with E-state index in [9.17, 15) is 0 Å². The smallest absolute Gasteiger partial charge is 0.145 e. The Morgan fingerprint density at radius 2 is 2.05 bits per heavy atom. The van der Waals surface area contributed by atoms with Crippen molar-refractivity contribution < 1.29 is 4.74 Å². The van der Waals surface area contributed by atoms with Crippen molar-refractivity contribution in [3.05, 3.63) is 40.0 Å². The molecule has 1 aromatic carbocycles. The first kappa shape index (κ1) is 13.7. The first-order valence-corrected chi connectivity index (χ1v) is 6.64. The minimum absolute atomic E-state index is 0.670. The monoisotopic (exact) mass is 321 g/mol. The summed E-state index contributed by atoms with van der Waals surface area (Å²) in [6.45, 7) is 3.97. The van der Waals surface area contributed by atoms with Gasteiger partial charge in [-0.3, -0.25) is 0 Å². The Bertz CT molecular complexity index is 614. The quantitative estimate of drug-likeness (QED) is 0.902. The zero-order valence-electron chi connectivity index (χ0n) is 11.1. The molecule has 0 aliphatic heterocycles. The fraction of sp³-hybridized carbons (Fsp3) is 0.214. The molecular weight excluding hydrogens is 306 g/mol. The van der Waals surface area contributed by atoms with Crippen LogP contribution in [0.5, 0.6) is 5.75 Å². The maximum absolute atomic E-state index is 5.81. The Morgan fingerprint density at radius 3 is 2.68 bits per heavy atom. The number of aryl methyl sites for hydroxylation is 1. The highest BCUT2D eigenvalue weighted by molar-refractivity contribution is 9.10. The van der Waals surface area contributed by atoms with Crippen LogP contribution < -0.4 is 15.8 Å². The van der Waals surface area contributed by atoms with Crippen molar-refractivity contribution in [2.45, 2.75) is 13.8 Å². The molecule has 0 spiro atoms. The molecule has 1 heterocycles. The van der Waals surface area contributed by atoms with Gasteiger partial charge in [-0.05, 0) is 59.1 Å². The Balaban J connectivity index is 2.34. The lowest BCUT2D eigenvalue weighted by Crippen LogP contribution is -2.00. The molecule has 0 saturated heterocycles. The minimum Gasteiger partial charge on any atom is -0.497 e. The van der Waals surface area contributed by atoms with Crippen LogP contribution in [0.15, 0.2) is 28.9 Å². The van der Waals surface area contributed by atoms with Gasteiger partial charge in [0.25, 0.3) is 0 Å². The van der Waals surface area contributed by atoms with E-state index < -0.39 is 0 Å². The van der Waals surface area contributed by atoms with Crippen LogP contribution in [0.1, 0.15) is 11.1 Å². The van der Waals surface area contributed by atoms with Gasteiger partial charge in [0, 0.05) is 5.69 Å². The number of nitrogens with two attached hydrogens (primary N) is 1. The molecule has 0 atom stereocenters. The van der Waals surface area contributed by atoms with Gasteiger partial charge in [-0.15, -0.1) is 0 Å². The second-order valence-corrected chi connectivity index (χ2v) is 5.10. The molecule has 0 fully saturated rings. The van der Waals surface area contributed by atoms with E-state index in [4.69, 9.17) is 10.5 Å². The summed E-state index contributed by atoms with van der Waals surface area (Å²) in [5, 5.41) is 3.29. The van der Waals surface area contributed by atoms with Crippen LogP contribution >= 0.6 is 15.9 Å². The number of pyridine rings is 1. The number of anilines is 3. The molecule has 0 radical (unpaired) electrons. The van der Waals surface area contributed by atoms with Crippen molar-refractivity contribution in [3.8, 4) is 5.75 Å². The molecule has 0 bridgehead atoms. The third-order valence-corrected chi connectivity index (χ3v) is 3.96. The lowest BCUT2D eigenvalue weighted by molar-refractivity contribution is 0.414. The van der Waals surface area contributed by atoms with Crippen molar-refractivity contribution in [1.82, 2.24) is 4.98 Å². The third kappa shape index (κ3) is 2.81. The van der Waals surface area contributed by atoms with Crippen molar-refractivity contribution >= 4 is 33.1 Å². The van der Waals surface area contributed by atoms with E-state index >= 15 is 0 Å². The number of hydrogen-bond donors (Lipinski definition) is 2. The number of nitrogens with zero attached hydrogens (tertiary/aromatic N) is 1. The predicted octanol–water partition coefficient (Wildman–Crippen LogP) is 3.80. The summed E-state index contributed by atoms with van der Waals surface area (Å²) in [6.07, 6.45) is 1.65. The highest BCUT2D eigenvalue weighted by Crippen LogP contribution is 2.31. The first-order valence-electron chi connectivity index (χ1n) is 5.85. The maximum Gasteiger partial charge on any atom is 0.145 e. The van der Waals surface area contributed by atoms with Crippen LogP contribution in [0.4, 0.5) is 17.2 Å². The number of methoxy groups -OCH3 is 1. The molecular formula is C14H16BrN3O. The number of nitrogen functional groups attached to an aromatic ring is 1. The Labute approximate surface area is 121 Å². The molecule has 4 nitrogen and oxygen atoms in total. The summed E-state index contributed by atoms with van der Waals surface area (Å²) < 4.78 is 6.07. The van der Waals surface area contributed by atoms with E-state index in [1.807, 2.05) is 32.0 Å². The second-order valence-electron chi connectivity index (χ2n) is 4.31. The average molecular weight is 322 g/mol. The Morgan fingerprint density at radius 1 is 1.32 bits per heavy atom. The minimum atomic E-state index is 0.670. The number of ether oxygens (including phenoxy) is 1. The van der Waals surface area contributed by atoms with Crippen LogP contribution in [-0.2, 0) is 0 Å². The van der Waals surface area contributed by atoms with Crippen molar-refractivity contribution in [3.63, 3.8) is 0 Å². The fourth-order valence-corrected chi connectivity index (χ4v) is 2.14. The van der Waals surface area contributed by atoms with Gasteiger partial charge in [0.15, 0.2) is 0 Å². The van der Waals surface area contributed by atoms with Crippen molar-refractivity contribution in [2.75, 3.05) is 18.2 Å². The average Bonchev–Trinajstić information content (AvgIpc) is 2.41. The predicted molar refractivity (Wildman–Crippen MR) is 82.1 cm³/mol. The molecule has 5 heteroatoms. The molecule has 0 aliphatic carbocycles. The van der Waals surface area contributed by atoms with Gasteiger partial charge in [0.1, 0.15) is 11.6 Å². The topological polar surface area (TPSA) is 60.2 Å². The third-order valence-electron chi connectivity index (χ3n) is 2.99. The van der Waals surface area contributed by atoms with Gasteiger partial charge in [-0.2, -0.15) is 0 Å². The number of aromatic nitrogens is 1. The Hall–Kier alpha value is -1.75. The highest BCUT2D eigenvalue weighted by Gasteiger charge is 2.09. The molecule has 0 saturated carbocycles. The van der Waals surface area contributed by atoms with Crippen molar-refractivity contribution in [2.24, 2.45) is 0 Å². The lowest BCUT2D eigenvalue weighted by atomic mass is 10.2. The van der Waals surface area contributed by atoms with Crippen LogP contribution in [0.25, 0.3) is 0 Å². The van der Waals surface area contributed by atoms with Gasteiger partial charge < -0.3 is 15.8 Å². The van der Waals surface area contributed by atoms with Gasteiger partial charge in [-0.1, -0.05) is 0 Å². The molecule has 2 rings (SSSR count). The first-order chi connectivity index (χ1) is 9.02. The normalized spacial score (nSPS) is 10.3. The highest BCUT2D eigenvalue weighted by atomic mass is 79.9. The van der Waals surface area contributed by atoms with Crippen LogP contribution in [-0.4, -0.2) is 12.1 Å². The molecule has 0 amide bonds. The molecule has 0 unspecified atom stereocenters. The summed E-state index contributed by atoms with van der Waals surface area (Å²) >= 11 is 3.51. The number of halogens is 1. The van der Waals surface area contributed by atoms with E-state index in [-0.39, 0.29) is 0 Å². The Kier molecular flexibility index (Phi) is 3.95. The second kappa shape index (κ2) is 5.48. The van der Waals surface area contributed by atoms with Crippen LogP contribution in [0, 0.1) is 13.8 Å². The summed E-state index contributed by atoms with van der Waals surface area (Å²) in [5.41, 5.74) is 9.53. The molecule has 3 N–H and O–H groups in total. The number of benzene rings is 1. The van der Waals surface area contributed by atoms with Gasteiger partial charge in [-0.25, -0.2) is 4.98 Å². The molecule has 19 heavy (non-hydrogen) atoms. The number of rotatable bonds is 3. The molecule has 100 valence electrons. The summed E-state index contributed by atoms with van der Waals surface area (Å²) in [6, 6.07) is 5.85. The zero-order valence-corrected chi connectivity index (χ0v) is 12.7. The van der Waals surface area contributed by atoms with E-state index in [2.05, 4.69) is 26.2 Å². The standard InChI is InChI=1S/C14H16BrN3O/c1-8-6-10(19-3)4-5-12(8)18-14-13(15)9(2)11(16)7-17-14/h4-7H,16H2,1-3H3,(H,17,18). The van der Waals surface area contributed by atoms with Gasteiger partial charge in [0.2, 0.25) is 0 Å². The van der Waals surface area contributed by atoms with Gasteiger partial charge >= 0.3 is 0 Å². The largest absolute Gasteiger partial charge is 0.497 e. The maximum atomic E-state index is 5.81. The molecule has 2 aromatic rings. The summed E-state index contributed by atoms with van der Waals surface area (Å²) in [4.78, 5) is 4.30. The van der Waals surface area contributed by atoms with E-state index in [0.29, 0.717) is 5.69 Å². The van der Waals surface area contributed by atoms with E-state index in [1.54, 1.807) is 13.3 Å². The van der Waals surface area contributed by atoms with Crippen molar-refractivity contribution in [1.29, 1.82) is 0 Å². The van der Waals surface area contributed by atoms with E-state index in [0.717, 1.165) is 32.9 Å². The SMILES string of the molecule is COc1ccc(Nc2ncc(N)c(C)c2Br)c(C)c1. The number of nitrogens with one attached hydrogen (secondary N) is 1. The fourth-order valence-electron chi connectivity index (χ4n) is 1.71. The molecule has 1 aromatic heterocycles.